The number of hydrogen-bond acceptors (Lipinski definition) is 8. The van der Waals surface area contributed by atoms with Crippen molar-refractivity contribution in [1.29, 1.82) is 0 Å². The predicted molar refractivity (Wildman–Crippen MR) is 208 cm³/mol. The molecule has 5 N–H and O–H groups in total. The number of hydrogen-bond donors (Lipinski definition) is 5. The smallest absolute Gasteiger partial charge is 0.348 e. The van der Waals surface area contributed by atoms with Gasteiger partial charge in [-0.1, -0.05) is 111 Å². The number of rotatable bonds is 14. The molecule has 296 valence electrons. The van der Waals surface area contributed by atoms with Crippen LogP contribution in [0.15, 0.2) is 84.9 Å². The zero-order valence-electron chi connectivity index (χ0n) is 31.4. The highest BCUT2D eigenvalue weighted by molar-refractivity contribution is 6.30. The van der Waals surface area contributed by atoms with E-state index in [4.69, 9.17) is 11.6 Å². The van der Waals surface area contributed by atoms with Crippen molar-refractivity contribution in [2.24, 2.45) is 5.92 Å². The van der Waals surface area contributed by atoms with E-state index in [0.717, 1.165) is 87.6 Å². The Labute approximate surface area is 327 Å². The van der Waals surface area contributed by atoms with Crippen molar-refractivity contribution >= 4 is 41.1 Å². The molecule has 2 fully saturated rings. The van der Waals surface area contributed by atoms with Gasteiger partial charge in [0.05, 0.1) is 0 Å². The van der Waals surface area contributed by atoms with Crippen LogP contribution in [-0.4, -0.2) is 109 Å². The van der Waals surface area contributed by atoms with Gasteiger partial charge in [0, 0.05) is 47.9 Å². The molecule has 1 saturated carbocycles. The average molecular weight is 778 g/mol. The molecule has 1 aliphatic carbocycles. The van der Waals surface area contributed by atoms with Crippen LogP contribution in [0.2, 0.25) is 5.02 Å². The number of benzene rings is 3. The lowest BCUT2D eigenvalue weighted by Crippen LogP contribution is -2.71. The molecule has 0 spiro atoms. The number of likely N-dealkylation sites (tertiary alicyclic amines) is 1. The number of amides is 2. The summed E-state index contributed by atoms with van der Waals surface area (Å²) in [6, 6.07) is 22.1. The van der Waals surface area contributed by atoms with Crippen LogP contribution in [0.4, 0.5) is 4.79 Å². The number of piperidine rings is 1. The number of nitrogens with zero attached hydrogens (tertiary/aromatic N) is 2. The highest BCUT2D eigenvalue weighted by atomic mass is 35.5. The van der Waals surface area contributed by atoms with Crippen LogP contribution in [0.3, 0.4) is 0 Å². The Balaban J connectivity index is 0.000000246. The van der Waals surface area contributed by atoms with Gasteiger partial charge in [0.2, 0.25) is 11.6 Å². The number of carbonyl (C=O) groups excluding carboxylic acids is 3. The number of aliphatic carboxylic acids is 2. The zero-order chi connectivity index (χ0) is 40.2. The van der Waals surface area contributed by atoms with Gasteiger partial charge in [0.1, 0.15) is 0 Å². The minimum atomic E-state index is -3.95. The van der Waals surface area contributed by atoms with Gasteiger partial charge >= 0.3 is 18.0 Å². The minimum absolute atomic E-state index is 0.164. The van der Waals surface area contributed by atoms with Crippen molar-refractivity contribution in [3.05, 3.63) is 107 Å². The summed E-state index contributed by atoms with van der Waals surface area (Å²) in [5.41, 5.74) is -7.38. The van der Waals surface area contributed by atoms with E-state index in [1.165, 1.54) is 61.2 Å². The molecular formula is C42H52ClN3O9. The Kier molecular flexibility index (Phi) is 15.5. The number of nitrogens with one attached hydrogen (secondary N) is 1. The van der Waals surface area contributed by atoms with Gasteiger partial charge in [-0.15, -0.1) is 0 Å². The lowest BCUT2D eigenvalue weighted by molar-refractivity contribution is -0.187. The van der Waals surface area contributed by atoms with E-state index in [1.54, 1.807) is 0 Å². The van der Waals surface area contributed by atoms with Crippen LogP contribution in [-0.2, 0) is 16.0 Å². The molecule has 1 aliphatic heterocycles. The first-order chi connectivity index (χ1) is 26.2. The molecule has 0 aromatic heterocycles. The number of urea groups is 1. The summed E-state index contributed by atoms with van der Waals surface area (Å²) in [6.45, 7) is 8.53. The number of carboxylic acids is 2. The second-order valence-corrected chi connectivity index (χ2v) is 14.8. The number of halogens is 1. The van der Waals surface area contributed by atoms with Gasteiger partial charge in [0.15, 0.2) is 0 Å². The first-order valence-corrected chi connectivity index (χ1v) is 19.2. The fourth-order valence-electron chi connectivity index (χ4n) is 7.35. The van der Waals surface area contributed by atoms with Crippen molar-refractivity contribution in [1.82, 2.24) is 15.1 Å². The maximum absolute atomic E-state index is 12.6. The van der Waals surface area contributed by atoms with Gasteiger partial charge in [-0.05, 0) is 69.2 Å². The molecule has 1 saturated heterocycles. The Hall–Kier alpha value is -4.62. The molecule has 0 bridgehead atoms. The third-order valence-corrected chi connectivity index (χ3v) is 10.9. The standard InChI is InChI=1S/C24H38ClN3O.C18H14O8/c1-3-27(19(2)16-21-8-7-9-22(25)17-21)18-20-12-14-28(15-13-20)24(29)26-23-10-5-4-6-11-23;19-13(11-7-3-1-4-8-11)17(25,15(21)22)18(26,16(23)24)14(20)12-9-5-2-6-10-12/h7-9,17,19-20,23H,3-6,10-16,18H2,1-2H3,(H,26,29);1-10,25-26H,(H,21,22)(H,23,24). The molecule has 2 aliphatic rings. The first-order valence-electron chi connectivity index (χ1n) is 18.9. The number of ketones is 2. The monoisotopic (exact) mass is 777 g/mol. The summed E-state index contributed by atoms with van der Waals surface area (Å²) < 4.78 is 0. The number of carboxylic acid groups (broad SMARTS) is 2. The van der Waals surface area contributed by atoms with E-state index in [-0.39, 0.29) is 6.03 Å². The fourth-order valence-corrected chi connectivity index (χ4v) is 7.56. The third kappa shape index (κ3) is 10.6. The molecule has 3 unspecified atom stereocenters. The Bertz CT molecular complexity index is 1690. The Morgan fingerprint density at radius 3 is 1.75 bits per heavy atom. The van der Waals surface area contributed by atoms with Crippen molar-refractivity contribution in [2.75, 3.05) is 26.2 Å². The highest BCUT2D eigenvalue weighted by Crippen LogP contribution is 2.32. The molecule has 12 nitrogen and oxygen atoms in total. The van der Waals surface area contributed by atoms with Crippen molar-refractivity contribution < 1.29 is 44.4 Å². The summed E-state index contributed by atoms with van der Waals surface area (Å²) >= 11 is 6.15. The van der Waals surface area contributed by atoms with E-state index in [9.17, 15) is 44.4 Å². The number of Topliss-reactive ketones (excluding diaryl/α,β-unsaturated/α-hetero) is 2. The topological polar surface area (TPSA) is 185 Å². The van der Waals surface area contributed by atoms with Crippen LogP contribution in [0.5, 0.6) is 0 Å². The molecule has 1 heterocycles. The Morgan fingerprint density at radius 1 is 0.782 bits per heavy atom. The second-order valence-electron chi connectivity index (χ2n) is 14.4. The summed E-state index contributed by atoms with van der Waals surface area (Å²) in [7, 11) is 0. The fraction of sp³-hybridized carbons (Fsp3) is 0.452. The molecule has 13 heteroatoms. The van der Waals surface area contributed by atoms with E-state index >= 15 is 0 Å². The number of likely N-dealkylation sites (N-methyl/N-ethyl adjacent to an activating group) is 1. The van der Waals surface area contributed by atoms with Crippen molar-refractivity contribution in [3.8, 4) is 0 Å². The lowest BCUT2D eigenvalue weighted by Gasteiger charge is -2.37. The van der Waals surface area contributed by atoms with Crippen LogP contribution in [0.1, 0.15) is 85.1 Å². The largest absolute Gasteiger partial charge is 0.479 e. The molecular weight excluding hydrogens is 726 g/mol. The molecule has 5 rings (SSSR count). The molecule has 3 aromatic rings. The Morgan fingerprint density at radius 2 is 1.29 bits per heavy atom. The van der Waals surface area contributed by atoms with Gasteiger partial charge < -0.3 is 35.5 Å². The van der Waals surface area contributed by atoms with Gasteiger partial charge in [-0.25, -0.2) is 14.4 Å². The van der Waals surface area contributed by atoms with Gasteiger partial charge in [0.25, 0.3) is 11.2 Å². The van der Waals surface area contributed by atoms with Crippen LogP contribution < -0.4 is 5.32 Å². The minimum Gasteiger partial charge on any atom is -0.479 e. The predicted octanol–water partition coefficient (Wildman–Crippen LogP) is 5.73. The molecule has 55 heavy (non-hydrogen) atoms. The van der Waals surface area contributed by atoms with E-state index in [0.29, 0.717) is 18.0 Å². The van der Waals surface area contributed by atoms with Crippen LogP contribution in [0, 0.1) is 5.92 Å². The summed E-state index contributed by atoms with van der Waals surface area (Å²) in [4.78, 5) is 65.7. The number of carbonyl (C=O) groups is 5. The summed E-state index contributed by atoms with van der Waals surface area (Å²) in [5.74, 6) is -7.35. The van der Waals surface area contributed by atoms with Crippen molar-refractivity contribution in [3.63, 3.8) is 0 Å². The average Bonchev–Trinajstić information content (AvgIpc) is 3.20. The highest BCUT2D eigenvalue weighted by Gasteiger charge is 2.69. The van der Waals surface area contributed by atoms with E-state index in [1.807, 2.05) is 17.0 Å². The summed E-state index contributed by atoms with van der Waals surface area (Å²) in [6.07, 6.45) is 9.38. The third-order valence-electron chi connectivity index (χ3n) is 10.6. The van der Waals surface area contributed by atoms with Crippen LogP contribution >= 0.6 is 11.6 Å². The molecule has 0 radical (unpaired) electrons. The van der Waals surface area contributed by atoms with Crippen LogP contribution in [0.25, 0.3) is 0 Å². The first kappa shape index (κ1) is 43.1. The van der Waals surface area contributed by atoms with Gasteiger partial charge in [-0.2, -0.15) is 0 Å². The molecule has 3 atom stereocenters. The lowest BCUT2D eigenvalue weighted by atomic mass is 9.73. The maximum atomic E-state index is 12.6. The molecule has 3 aromatic carbocycles. The van der Waals surface area contributed by atoms with E-state index < -0.39 is 45.8 Å². The normalized spacial score (nSPS) is 17.8. The van der Waals surface area contributed by atoms with Crippen molar-refractivity contribution in [2.45, 2.75) is 88.5 Å². The summed E-state index contributed by atoms with van der Waals surface area (Å²) in [5, 5.41) is 43.9. The molecule has 2 amide bonds. The quantitative estimate of drug-likeness (QED) is 0.100. The van der Waals surface area contributed by atoms with E-state index in [2.05, 4.69) is 36.2 Å². The second kappa shape index (κ2) is 19.8. The van der Waals surface area contributed by atoms with Gasteiger partial charge in [-0.3, -0.25) is 9.59 Å². The number of aliphatic hydroxyl groups is 2. The zero-order valence-corrected chi connectivity index (χ0v) is 32.2. The maximum Gasteiger partial charge on any atom is 0.348 e. The SMILES string of the molecule is CCN(CC1CCN(C(=O)NC2CCCCC2)CC1)C(C)Cc1cccc(Cl)c1.O=C(O)C(O)(C(=O)c1ccccc1)C(O)(C(=O)O)C(=O)c1ccccc1.